The van der Waals surface area contributed by atoms with Gasteiger partial charge in [-0.15, -0.1) is 0 Å². The lowest BCUT2D eigenvalue weighted by molar-refractivity contribution is 0.171. The maximum Gasteiger partial charge on any atom is 0.162 e. The predicted molar refractivity (Wildman–Crippen MR) is 92.0 cm³/mol. The van der Waals surface area contributed by atoms with Gasteiger partial charge in [0.05, 0.1) is 0 Å². The first-order valence-corrected chi connectivity index (χ1v) is 8.69. The van der Waals surface area contributed by atoms with Gasteiger partial charge in [-0.1, -0.05) is 55.6 Å². The molecule has 1 aliphatic rings. The molecule has 0 amide bonds. The maximum absolute atomic E-state index is 6.38. The van der Waals surface area contributed by atoms with E-state index in [-0.39, 0.29) is 4.83 Å². The van der Waals surface area contributed by atoms with Gasteiger partial charge in [-0.05, 0) is 35.7 Å². The Hall–Kier alpha value is -0.710. The molecule has 2 nitrogen and oxygen atoms in total. The molecule has 1 unspecified atom stereocenters. The molecule has 1 heterocycles. The highest BCUT2D eigenvalue weighted by Crippen LogP contribution is 2.41. The van der Waals surface area contributed by atoms with Crippen LogP contribution in [0.1, 0.15) is 16.0 Å². The first-order chi connectivity index (χ1) is 10.1. The van der Waals surface area contributed by atoms with Crippen molar-refractivity contribution in [2.24, 2.45) is 0 Å². The molecule has 3 rings (SSSR count). The monoisotopic (exact) mass is 430 g/mol. The second kappa shape index (κ2) is 6.59. The van der Waals surface area contributed by atoms with Gasteiger partial charge in [-0.25, -0.2) is 0 Å². The molecule has 0 aromatic heterocycles. The number of alkyl halides is 1. The molecule has 1 aliphatic heterocycles. The minimum absolute atomic E-state index is 0.120. The fraction of sp³-hybridized carbons (Fsp3) is 0.250. The van der Waals surface area contributed by atoms with Gasteiger partial charge in [-0.2, -0.15) is 0 Å². The van der Waals surface area contributed by atoms with E-state index in [1.807, 2.05) is 24.3 Å². The standard InChI is InChI=1S/C16H13Br2ClO2/c17-11-3-1-2-10(6-11)7-13(18)12-8-15-16(9-14(12)19)21-5-4-20-15/h1-3,6,8-9,13H,4-5,7H2. The fourth-order valence-electron chi connectivity index (χ4n) is 2.30. The Bertz CT molecular complexity index is 661. The van der Waals surface area contributed by atoms with Gasteiger partial charge in [0.1, 0.15) is 13.2 Å². The van der Waals surface area contributed by atoms with Crippen molar-refractivity contribution in [2.75, 3.05) is 13.2 Å². The van der Waals surface area contributed by atoms with Crippen molar-refractivity contribution < 1.29 is 9.47 Å². The summed E-state index contributed by atoms with van der Waals surface area (Å²) in [5.41, 5.74) is 2.25. The summed E-state index contributed by atoms with van der Waals surface area (Å²) < 4.78 is 12.2. The van der Waals surface area contributed by atoms with Crippen LogP contribution in [0, 0.1) is 0 Å². The number of halogens is 3. The second-order valence-corrected chi connectivity index (χ2v) is 7.25. The lowest BCUT2D eigenvalue weighted by Gasteiger charge is -2.21. The second-order valence-electron chi connectivity index (χ2n) is 4.82. The molecule has 0 spiro atoms. The van der Waals surface area contributed by atoms with E-state index in [4.69, 9.17) is 21.1 Å². The van der Waals surface area contributed by atoms with Crippen LogP contribution in [0.3, 0.4) is 0 Å². The molecule has 0 N–H and O–H groups in total. The number of hydrogen-bond acceptors (Lipinski definition) is 2. The Labute approximate surface area is 145 Å². The zero-order valence-electron chi connectivity index (χ0n) is 11.1. The van der Waals surface area contributed by atoms with Gasteiger partial charge < -0.3 is 9.47 Å². The van der Waals surface area contributed by atoms with Crippen LogP contribution in [-0.2, 0) is 6.42 Å². The summed E-state index contributed by atoms with van der Waals surface area (Å²) in [4.78, 5) is 0.120. The Balaban J connectivity index is 1.85. The molecule has 0 radical (unpaired) electrons. The van der Waals surface area contributed by atoms with E-state index >= 15 is 0 Å². The Morgan fingerprint density at radius 1 is 1.10 bits per heavy atom. The molecule has 0 bridgehead atoms. The molecule has 110 valence electrons. The van der Waals surface area contributed by atoms with E-state index in [9.17, 15) is 0 Å². The fourth-order valence-corrected chi connectivity index (χ4v) is 3.92. The van der Waals surface area contributed by atoms with Crippen LogP contribution >= 0.6 is 43.5 Å². The maximum atomic E-state index is 6.38. The minimum atomic E-state index is 0.120. The Kier molecular flexibility index (Phi) is 4.77. The molecular formula is C16H13Br2ClO2. The van der Waals surface area contributed by atoms with Crippen molar-refractivity contribution in [2.45, 2.75) is 11.2 Å². The van der Waals surface area contributed by atoms with E-state index in [0.717, 1.165) is 28.0 Å². The van der Waals surface area contributed by atoms with Crippen molar-refractivity contribution in [1.29, 1.82) is 0 Å². The van der Waals surface area contributed by atoms with Crippen molar-refractivity contribution in [3.8, 4) is 11.5 Å². The molecule has 0 saturated carbocycles. The quantitative estimate of drug-likeness (QED) is 0.592. The van der Waals surface area contributed by atoms with Crippen LogP contribution in [0.4, 0.5) is 0 Å². The van der Waals surface area contributed by atoms with Gasteiger partial charge in [0.2, 0.25) is 0 Å². The summed E-state index contributed by atoms with van der Waals surface area (Å²) in [6, 6.07) is 12.1. The van der Waals surface area contributed by atoms with Gasteiger partial charge >= 0.3 is 0 Å². The van der Waals surface area contributed by atoms with Crippen molar-refractivity contribution in [1.82, 2.24) is 0 Å². The SMILES string of the molecule is Clc1cc2c(cc1C(Br)Cc1cccc(Br)c1)OCCO2. The normalized spacial score (nSPS) is 14.8. The van der Waals surface area contributed by atoms with Gasteiger partial charge in [0, 0.05) is 20.4 Å². The first-order valence-electron chi connectivity index (χ1n) is 6.61. The smallest absolute Gasteiger partial charge is 0.162 e. The Morgan fingerprint density at radius 3 is 2.52 bits per heavy atom. The van der Waals surface area contributed by atoms with E-state index in [0.29, 0.717) is 18.2 Å². The molecule has 5 heteroatoms. The molecule has 2 aromatic rings. The summed E-state index contributed by atoms with van der Waals surface area (Å²) in [5.74, 6) is 1.48. The van der Waals surface area contributed by atoms with E-state index in [2.05, 4.69) is 44.0 Å². The predicted octanol–water partition coefficient (Wildman–Crippen LogP) is 5.55. The summed E-state index contributed by atoms with van der Waals surface area (Å²) in [6.45, 7) is 1.14. The van der Waals surface area contributed by atoms with E-state index < -0.39 is 0 Å². The highest BCUT2D eigenvalue weighted by Gasteiger charge is 2.19. The highest BCUT2D eigenvalue weighted by molar-refractivity contribution is 9.10. The van der Waals surface area contributed by atoms with Crippen LogP contribution in [0.5, 0.6) is 11.5 Å². The topological polar surface area (TPSA) is 18.5 Å². The average molecular weight is 433 g/mol. The molecule has 0 aliphatic carbocycles. The molecule has 1 atom stereocenters. The highest BCUT2D eigenvalue weighted by atomic mass is 79.9. The van der Waals surface area contributed by atoms with Crippen LogP contribution < -0.4 is 9.47 Å². The van der Waals surface area contributed by atoms with Crippen LogP contribution in [0.15, 0.2) is 40.9 Å². The Morgan fingerprint density at radius 2 is 1.81 bits per heavy atom. The largest absolute Gasteiger partial charge is 0.486 e. The van der Waals surface area contributed by atoms with E-state index in [1.54, 1.807) is 0 Å². The van der Waals surface area contributed by atoms with Crippen LogP contribution in [0.2, 0.25) is 5.02 Å². The van der Waals surface area contributed by atoms with Gasteiger partial charge in [-0.3, -0.25) is 0 Å². The third-order valence-corrected chi connectivity index (χ3v) is 4.94. The summed E-state index contributed by atoms with van der Waals surface area (Å²) in [7, 11) is 0. The number of benzene rings is 2. The molecular weight excluding hydrogens is 419 g/mol. The van der Waals surface area contributed by atoms with E-state index in [1.165, 1.54) is 5.56 Å². The number of ether oxygens (including phenoxy) is 2. The molecule has 0 fully saturated rings. The summed E-state index contributed by atoms with van der Waals surface area (Å²) >= 11 is 13.6. The molecule has 21 heavy (non-hydrogen) atoms. The minimum Gasteiger partial charge on any atom is -0.486 e. The van der Waals surface area contributed by atoms with Crippen molar-refractivity contribution in [3.63, 3.8) is 0 Å². The van der Waals surface area contributed by atoms with Crippen molar-refractivity contribution in [3.05, 3.63) is 57.0 Å². The average Bonchev–Trinajstić information content (AvgIpc) is 2.46. The third kappa shape index (κ3) is 3.55. The van der Waals surface area contributed by atoms with Gasteiger partial charge in [0.15, 0.2) is 11.5 Å². The third-order valence-electron chi connectivity index (χ3n) is 3.30. The first kappa shape index (κ1) is 15.2. The molecule has 0 saturated heterocycles. The summed E-state index contributed by atoms with van der Waals surface area (Å²) in [6.07, 6.45) is 0.846. The number of rotatable bonds is 3. The molecule has 2 aromatic carbocycles. The zero-order valence-corrected chi connectivity index (χ0v) is 15.0. The lowest BCUT2D eigenvalue weighted by Crippen LogP contribution is -2.15. The lowest BCUT2D eigenvalue weighted by atomic mass is 10.0. The van der Waals surface area contributed by atoms with Crippen LogP contribution in [0.25, 0.3) is 0 Å². The van der Waals surface area contributed by atoms with Gasteiger partial charge in [0.25, 0.3) is 0 Å². The summed E-state index contributed by atoms with van der Waals surface area (Å²) in [5, 5.41) is 0.691. The zero-order chi connectivity index (χ0) is 14.8. The van der Waals surface area contributed by atoms with Crippen LogP contribution in [-0.4, -0.2) is 13.2 Å². The number of hydrogen-bond donors (Lipinski definition) is 0. The van der Waals surface area contributed by atoms with Crippen molar-refractivity contribution >= 4 is 43.5 Å². The number of fused-ring (bicyclic) bond motifs is 1.